The van der Waals surface area contributed by atoms with Crippen LogP contribution >= 0.6 is 34.9 Å². The quantitative estimate of drug-likeness (QED) is 0.603. The predicted octanol–water partition coefficient (Wildman–Crippen LogP) is 2.91. The zero-order valence-electron chi connectivity index (χ0n) is 13.7. The summed E-state index contributed by atoms with van der Waals surface area (Å²) < 4.78 is 0.654. The van der Waals surface area contributed by atoms with E-state index in [1.807, 2.05) is 10.8 Å². The summed E-state index contributed by atoms with van der Waals surface area (Å²) in [5.41, 5.74) is 2.49. The molecule has 2 aromatic rings. The zero-order valence-corrected chi connectivity index (χ0v) is 16.2. The van der Waals surface area contributed by atoms with Crippen molar-refractivity contribution >= 4 is 63.2 Å². The monoisotopic (exact) mass is 416 g/mol. The Morgan fingerprint density at radius 1 is 1.19 bits per heavy atom. The maximum absolute atomic E-state index is 13.0. The van der Waals surface area contributed by atoms with E-state index in [4.69, 9.17) is 0 Å². The second-order valence-corrected chi connectivity index (χ2v) is 8.44. The molecule has 3 heterocycles. The zero-order chi connectivity index (χ0) is 18.8. The fourth-order valence-electron chi connectivity index (χ4n) is 2.72. The van der Waals surface area contributed by atoms with E-state index < -0.39 is 0 Å². The Bertz CT molecular complexity index is 975. The van der Waals surface area contributed by atoms with Crippen LogP contribution in [0.2, 0.25) is 0 Å². The van der Waals surface area contributed by atoms with Crippen LogP contribution in [0.3, 0.4) is 0 Å². The van der Waals surface area contributed by atoms with Crippen LogP contribution in [-0.4, -0.2) is 40.8 Å². The van der Waals surface area contributed by atoms with Gasteiger partial charge in [-0.3, -0.25) is 14.4 Å². The van der Waals surface area contributed by atoms with Crippen molar-refractivity contribution in [3.05, 3.63) is 56.0 Å². The van der Waals surface area contributed by atoms with Gasteiger partial charge in [0.25, 0.3) is 0 Å². The molecule has 1 amide bonds. The van der Waals surface area contributed by atoms with Crippen molar-refractivity contribution in [2.24, 2.45) is 0 Å². The van der Waals surface area contributed by atoms with Crippen LogP contribution in [0.4, 0.5) is 10.8 Å². The molecule has 2 aliphatic heterocycles. The minimum absolute atomic E-state index is 0.0536. The van der Waals surface area contributed by atoms with Gasteiger partial charge in [0.2, 0.25) is 11.0 Å². The molecule has 27 heavy (non-hydrogen) atoms. The Morgan fingerprint density at radius 3 is 2.70 bits per heavy atom. The van der Waals surface area contributed by atoms with Crippen LogP contribution in [0.1, 0.15) is 10.4 Å². The molecule has 0 saturated carbocycles. The number of thioether (sulfide) groups is 2. The number of amides is 1. The minimum Gasteiger partial charge on any atom is -0.351 e. The molecular formula is C17H12N4O3S3. The van der Waals surface area contributed by atoms with E-state index in [1.165, 1.54) is 39.8 Å². The first-order valence-corrected chi connectivity index (χ1v) is 10.5. The van der Waals surface area contributed by atoms with Crippen LogP contribution in [-0.2, 0) is 9.59 Å². The fourth-order valence-corrected chi connectivity index (χ4v) is 5.06. The van der Waals surface area contributed by atoms with Crippen LogP contribution < -0.4 is 10.2 Å². The Kier molecular flexibility index (Phi) is 5.10. The molecule has 1 aromatic carbocycles. The highest BCUT2D eigenvalue weighted by atomic mass is 32.2. The molecule has 136 valence electrons. The number of rotatable bonds is 3. The van der Waals surface area contributed by atoms with Gasteiger partial charge in [-0.1, -0.05) is 47.0 Å². The smallest absolute Gasteiger partial charge is 0.246 e. The molecule has 7 nitrogen and oxygen atoms in total. The maximum Gasteiger partial charge on any atom is 0.246 e. The number of nitrogens with zero attached hydrogens (tertiary/aromatic N) is 3. The number of carbonyl (C=O) groups is 3. The number of anilines is 2. The molecule has 0 unspecified atom stereocenters. The first kappa shape index (κ1) is 18.0. The lowest BCUT2D eigenvalue weighted by Crippen LogP contribution is -2.39. The summed E-state index contributed by atoms with van der Waals surface area (Å²) in [5, 5.41) is 14.6. The molecule has 0 saturated heterocycles. The van der Waals surface area contributed by atoms with Gasteiger partial charge in [-0.15, -0.1) is 10.2 Å². The number of nitrogens with one attached hydrogen (secondary N) is 1. The van der Waals surface area contributed by atoms with Crippen molar-refractivity contribution in [1.82, 2.24) is 10.2 Å². The van der Waals surface area contributed by atoms with Gasteiger partial charge in [-0.2, -0.15) is 0 Å². The van der Waals surface area contributed by atoms with Crippen LogP contribution in [0.5, 0.6) is 0 Å². The topological polar surface area (TPSA) is 92.3 Å². The SMILES string of the molecule is O=C1CN(C(=O)CNc2nncs2)c2ccccc2C(=O)C1=C1SC=CS1. The van der Waals surface area contributed by atoms with Gasteiger partial charge >= 0.3 is 0 Å². The molecule has 0 spiro atoms. The Labute approximate surface area is 166 Å². The van der Waals surface area contributed by atoms with E-state index >= 15 is 0 Å². The van der Waals surface area contributed by atoms with Gasteiger partial charge in [0.05, 0.1) is 28.6 Å². The second-order valence-electron chi connectivity index (χ2n) is 5.52. The number of fused-ring (bicyclic) bond motifs is 1. The standard InChI is InChI=1S/C17H12N4O3S3/c22-12-8-21(13(23)7-18-17-20-19-9-27-17)11-4-2-1-3-10(11)15(24)14(12)16-25-5-6-26-16/h1-6,9H,7-8H2,(H,18,20). The van der Waals surface area contributed by atoms with Crippen LogP contribution in [0, 0.1) is 0 Å². The first-order valence-electron chi connectivity index (χ1n) is 7.85. The number of Topliss-reactive ketones (excluding diaryl/α,β-unsaturated/α-hetero) is 2. The molecule has 4 rings (SSSR count). The first-order chi connectivity index (χ1) is 13.1. The lowest BCUT2D eigenvalue weighted by molar-refractivity contribution is -0.120. The van der Waals surface area contributed by atoms with Gasteiger partial charge in [0.15, 0.2) is 11.6 Å². The Hall–Kier alpha value is -2.43. The summed E-state index contributed by atoms with van der Waals surface area (Å²) in [5.74, 6) is -1.03. The van der Waals surface area contributed by atoms with Crippen molar-refractivity contribution in [2.75, 3.05) is 23.3 Å². The van der Waals surface area contributed by atoms with Gasteiger partial charge in [0, 0.05) is 5.56 Å². The summed E-state index contributed by atoms with van der Waals surface area (Å²) in [7, 11) is 0. The number of aromatic nitrogens is 2. The third kappa shape index (κ3) is 3.55. The maximum atomic E-state index is 13.0. The van der Waals surface area contributed by atoms with Crippen molar-refractivity contribution in [1.29, 1.82) is 0 Å². The lowest BCUT2D eigenvalue weighted by atomic mass is 10.0. The number of benzene rings is 1. The van der Waals surface area contributed by atoms with Crippen molar-refractivity contribution in [3.8, 4) is 0 Å². The van der Waals surface area contributed by atoms with Gasteiger partial charge in [0.1, 0.15) is 5.51 Å². The van der Waals surface area contributed by atoms with E-state index in [0.717, 1.165) is 0 Å². The van der Waals surface area contributed by atoms with Crippen molar-refractivity contribution in [2.45, 2.75) is 0 Å². The number of para-hydroxylation sites is 1. The van der Waals surface area contributed by atoms with Crippen molar-refractivity contribution < 1.29 is 14.4 Å². The Balaban J connectivity index is 1.68. The van der Waals surface area contributed by atoms with E-state index in [0.29, 0.717) is 20.6 Å². The molecule has 2 aliphatic rings. The Morgan fingerprint density at radius 2 is 1.96 bits per heavy atom. The van der Waals surface area contributed by atoms with E-state index in [-0.39, 0.29) is 36.1 Å². The minimum atomic E-state index is -0.362. The van der Waals surface area contributed by atoms with E-state index in [9.17, 15) is 14.4 Å². The average Bonchev–Trinajstić information content (AvgIpc) is 3.37. The fraction of sp³-hybridized carbons (Fsp3) is 0.118. The summed E-state index contributed by atoms with van der Waals surface area (Å²) >= 11 is 3.97. The summed E-state index contributed by atoms with van der Waals surface area (Å²) in [6, 6.07) is 6.80. The normalized spacial score (nSPS) is 16.5. The average molecular weight is 417 g/mol. The highest BCUT2D eigenvalue weighted by Crippen LogP contribution is 2.42. The van der Waals surface area contributed by atoms with Crippen LogP contribution in [0.15, 0.2) is 50.4 Å². The predicted molar refractivity (Wildman–Crippen MR) is 108 cm³/mol. The summed E-state index contributed by atoms with van der Waals surface area (Å²) in [4.78, 5) is 40.1. The molecular weight excluding hydrogens is 404 g/mol. The van der Waals surface area contributed by atoms with Gasteiger partial charge in [-0.05, 0) is 22.9 Å². The van der Waals surface area contributed by atoms with E-state index in [2.05, 4.69) is 15.5 Å². The highest BCUT2D eigenvalue weighted by molar-refractivity contribution is 8.27. The van der Waals surface area contributed by atoms with Gasteiger partial charge in [-0.25, -0.2) is 0 Å². The third-order valence-corrected chi connectivity index (χ3v) is 6.69. The van der Waals surface area contributed by atoms with Crippen molar-refractivity contribution in [3.63, 3.8) is 0 Å². The summed E-state index contributed by atoms with van der Waals surface area (Å²) in [6.45, 7) is -0.235. The van der Waals surface area contributed by atoms with E-state index in [1.54, 1.807) is 29.8 Å². The largest absolute Gasteiger partial charge is 0.351 e. The number of carbonyl (C=O) groups excluding carboxylic acids is 3. The molecule has 0 atom stereocenters. The molecule has 0 bridgehead atoms. The summed E-state index contributed by atoms with van der Waals surface area (Å²) in [6.07, 6.45) is 0. The highest BCUT2D eigenvalue weighted by Gasteiger charge is 2.35. The third-order valence-electron chi connectivity index (χ3n) is 3.91. The molecule has 0 fully saturated rings. The molecule has 1 aromatic heterocycles. The van der Waals surface area contributed by atoms with Crippen LogP contribution in [0.25, 0.3) is 0 Å². The number of hydrogen-bond donors (Lipinski definition) is 1. The molecule has 0 radical (unpaired) electrons. The number of ketones is 2. The molecule has 0 aliphatic carbocycles. The molecule has 1 N–H and O–H groups in total. The second kappa shape index (κ2) is 7.67. The lowest BCUT2D eigenvalue weighted by Gasteiger charge is -2.21. The molecule has 10 heteroatoms. The number of hydrogen-bond acceptors (Lipinski definition) is 9. The van der Waals surface area contributed by atoms with Gasteiger partial charge < -0.3 is 10.2 Å².